The molecule has 0 saturated heterocycles. The molecule has 2 aromatic heterocycles. The standard InChI is InChI=1S/C13H20N6O/c1-3-5-11-16-12(18-14)7-13(17-11)19-9-10(8-15-19)20-6-4-2/h7-9H,3-6,14H2,1-2H3,(H,16,17,18). The first-order valence-electron chi connectivity index (χ1n) is 6.79. The van der Waals surface area contributed by atoms with Crippen LogP contribution in [-0.2, 0) is 6.42 Å². The first-order valence-corrected chi connectivity index (χ1v) is 6.79. The Bertz CT molecular complexity index is 554. The van der Waals surface area contributed by atoms with Crippen LogP contribution in [0.25, 0.3) is 5.82 Å². The minimum Gasteiger partial charge on any atom is -0.490 e. The first kappa shape index (κ1) is 14.3. The van der Waals surface area contributed by atoms with Crippen molar-refractivity contribution in [3.05, 3.63) is 24.3 Å². The zero-order valence-corrected chi connectivity index (χ0v) is 11.8. The molecule has 3 N–H and O–H groups in total. The van der Waals surface area contributed by atoms with Gasteiger partial charge in [-0.2, -0.15) is 5.10 Å². The Morgan fingerprint density at radius 3 is 2.85 bits per heavy atom. The van der Waals surface area contributed by atoms with E-state index in [2.05, 4.69) is 34.3 Å². The molecule has 0 aliphatic carbocycles. The Balaban J connectivity index is 2.26. The van der Waals surface area contributed by atoms with Gasteiger partial charge in [0.15, 0.2) is 11.6 Å². The van der Waals surface area contributed by atoms with Crippen molar-refractivity contribution >= 4 is 5.82 Å². The second kappa shape index (κ2) is 6.85. The topological polar surface area (TPSA) is 90.9 Å². The minimum atomic E-state index is 0.574. The van der Waals surface area contributed by atoms with Gasteiger partial charge in [-0.05, 0) is 12.8 Å². The van der Waals surface area contributed by atoms with Crippen LogP contribution in [0.1, 0.15) is 32.5 Å². The number of nitrogens with zero attached hydrogens (tertiary/aromatic N) is 4. The molecule has 0 spiro atoms. The average Bonchev–Trinajstić information content (AvgIpc) is 2.94. The molecule has 2 aromatic rings. The van der Waals surface area contributed by atoms with E-state index in [0.717, 1.165) is 30.8 Å². The number of rotatable bonds is 7. The van der Waals surface area contributed by atoms with Crippen molar-refractivity contribution in [1.82, 2.24) is 19.7 Å². The van der Waals surface area contributed by atoms with Crippen molar-refractivity contribution in [3.63, 3.8) is 0 Å². The lowest BCUT2D eigenvalue weighted by molar-refractivity contribution is 0.317. The van der Waals surface area contributed by atoms with Crippen molar-refractivity contribution in [2.75, 3.05) is 12.0 Å². The Labute approximate surface area is 118 Å². The molecule has 0 radical (unpaired) electrons. The average molecular weight is 276 g/mol. The maximum absolute atomic E-state index is 5.52. The Kier molecular flexibility index (Phi) is 4.89. The predicted molar refractivity (Wildman–Crippen MR) is 76.7 cm³/mol. The number of nitrogens with one attached hydrogen (secondary N) is 1. The molecule has 0 bridgehead atoms. The van der Waals surface area contributed by atoms with Crippen molar-refractivity contribution < 1.29 is 4.74 Å². The molecule has 2 rings (SSSR count). The summed E-state index contributed by atoms with van der Waals surface area (Å²) in [6.07, 6.45) is 6.20. The molecule has 0 aliphatic rings. The third kappa shape index (κ3) is 3.45. The summed E-state index contributed by atoms with van der Waals surface area (Å²) in [5.74, 6) is 8.15. The van der Waals surface area contributed by atoms with Gasteiger partial charge in [0.05, 0.1) is 19.0 Å². The summed E-state index contributed by atoms with van der Waals surface area (Å²) < 4.78 is 7.18. The number of hydrogen-bond donors (Lipinski definition) is 2. The van der Waals surface area contributed by atoms with Gasteiger partial charge < -0.3 is 10.2 Å². The Morgan fingerprint density at radius 1 is 1.30 bits per heavy atom. The number of anilines is 1. The van der Waals surface area contributed by atoms with E-state index in [1.165, 1.54) is 0 Å². The Hall–Kier alpha value is -2.15. The maximum Gasteiger partial charge on any atom is 0.159 e. The minimum absolute atomic E-state index is 0.574. The van der Waals surface area contributed by atoms with Crippen LogP contribution in [0.15, 0.2) is 18.5 Å². The number of hydrazine groups is 1. The largest absolute Gasteiger partial charge is 0.490 e. The lowest BCUT2D eigenvalue weighted by atomic mass is 10.3. The highest BCUT2D eigenvalue weighted by Crippen LogP contribution is 2.15. The van der Waals surface area contributed by atoms with E-state index < -0.39 is 0 Å². The summed E-state index contributed by atoms with van der Waals surface area (Å²) in [7, 11) is 0. The molecular weight excluding hydrogens is 256 g/mol. The van der Waals surface area contributed by atoms with Crippen molar-refractivity contribution in [3.8, 4) is 11.6 Å². The van der Waals surface area contributed by atoms with E-state index in [0.29, 0.717) is 18.2 Å². The fourth-order valence-electron chi connectivity index (χ4n) is 1.74. The van der Waals surface area contributed by atoms with Crippen molar-refractivity contribution in [1.29, 1.82) is 0 Å². The highest BCUT2D eigenvalue weighted by Gasteiger charge is 2.07. The summed E-state index contributed by atoms with van der Waals surface area (Å²) >= 11 is 0. The maximum atomic E-state index is 5.52. The van der Waals surface area contributed by atoms with Gasteiger partial charge in [-0.15, -0.1) is 0 Å². The van der Waals surface area contributed by atoms with E-state index in [1.807, 2.05) is 0 Å². The van der Waals surface area contributed by atoms with Gasteiger partial charge in [0.25, 0.3) is 0 Å². The lowest BCUT2D eigenvalue weighted by Gasteiger charge is -2.07. The number of ether oxygens (including phenoxy) is 1. The van der Waals surface area contributed by atoms with Crippen LogP contribution in [0.3, 0.4) is 0 Å². The monoisotopic (exact) mass is 276 g/mol. The molecule has 2 heterocycles. The number of aryl methyl sites for hydroxylation is 1. The van der Waals surface area contributed by atoms with Gasteiger partial charge in [-0.25, -0.2) is 20.5 Å². The van der Waals surface area contributed by atoms with E-state index in [9.17, 15) is 0 Å². The number of hydrogen-bond acceptors (Lipinski definition) is 6. The number of nitrogens with two attached hydrogens (primary N) is 1. The van der Waals surface area contributed by atoms with Gasteiger partial charge in [0, 0.05) is 12.5 Å². The molecule has 108 valence electrons. The quantitative estimate of drug-likeness (QED) is 0.590. The second-order valence-corrected chi connectivity index (χ2v) is 4.39. The van der Waals surface area contributed by atoms with Crippen LogP contribution in [0, 0.1) is 0 Å². The predicted octanol–water partition coefficient (Wildman–Crippen LogP) is 1.69. The molecule has 0 saturated carbocycles. The summed E-state index contributed by atoms with van der Waals surface area (Å²) in [6, 6.07) is 1.75. The van der Waals surface area contributed by atoms with Gasteiger partial charge in [-0.1, -0.05) is 13.8 Å². The van der Waals surface area contributed by atoms with Gasteiger partial charge in [0.1, 0.15) is 11.6 Å². The third-order valence-corrected chi connectivity index (χ3v) is 2.65. The SMILES string of the molecule is CCCOc1cnn(-c2cc(NN)nc(CCC)n2)c1. The van der Waals surface area contributed by atoms with Gasteiger partial charge in [0.2, 0.25) is 0 Å². The van der Waals surface area contributed by atoms with E-state index in [4.69, 9.17) is 10.6 Å². The molecule has 0 aliphatic heterocycles. The van der Waals surface area contributed by atoms with Gasteiger partial charge in [-0.3, -0.25) is 0 Å². The van der Waals surface area contributed by atoms with Crippen LogP contribution >= 0.6 is 0 Å². The summed E-state index contributed by atoms with van der Waals surface area (Å²) in [5, 5.41) is 4.25. The fourth-order valence-corrected chi connectivity index (χ4v) is 1.74. The second-order valence-electron chi connectivity index (χ2n) is 4.39. The van der Waals surface area contributed by atoms with Crippen LogP contribution in [-0.4, -0.2) is 26.4 Å². The van der Waals surface area contributed by atoms with Crippen LogP contribution in [0.2, 0.25) is 0 Å². The number of nitrogen functional groups attached to an aromatic ring is 1. The lowest BCUT2D eigenvalue weighted by Crippen LogP contribution is -2.12. The molecule has 0 atom stereocenters. The van der Waals surface area contributed by atoms with Crippen LogP contribution in [0.5, 0.6) is 5.75 Å². The molecule has 0 amide bonds. The summed E-state index contributed by atoms with van der Waals surface area (Å²) in [6.45, 7) is 4.81. The van der Waals surface area contributed by atoms with E-state index >= 15 is 0 Å². The summed E-state index contributed by atoms with van der Waals surface area (Å²) in [4.78, 5) is 8.78. The molecule has 7 heteroatoms. The molecule has 0 unspecified atom stereocenters. The third-order valence-electron chi connectivity index (χ3n) is 2.65. The fraction of sp³-hybridized carbons (Fsp3) is 0.462. The van der Waals surface area contributed by atoms with Crippen molar-refractivity contribution in [2.45, 2.75) is 33.1 Å². The Morgan fingerprint density at radius 2 is 2.15 bits per heavy atom. The van der Waals surface area contributed by atoms with E-state index in [1.54, 1.807) is 23.1 Å². The smallest absolute Gasteiger partial charge is 0.159 e. The zero-order valence-electron chi connectivity index (χ0n) is 11.8. The van der Waals surface area contributed by atoms with Crippen LogP contribution in [0.4, 0.5) is 5.82 Å². The van der Waals surface area contributed by atoms with Crippen LogP contribution < -0.4 is 16.0 Å². The highest BCUT2D eigenvalue weighted by molar-refractivity contribution is 5.40. The first-order chi connectivity index (χ1) is 9.76. The molecule has 0 fully saturated rings. The van der Waals surface area contributed by atoms with Crippen molar-refractivity contribution in [2.24, 2.45) is 5.84 Å². The molecular formula is C13H20N6O. The molecule has 0 aromatic carbocycles. The summed E-state index contributed by atoms with van der Waals surface area (Å²) in [5.41, 5.74) is 2.55. The van der Waals surface area contributed by atoms with E-state index in [-0.39, 0.29) is 0 Å². The number of aromatic nitrogens is 4. The zero-order chi connectivity index (χ0) is 14.4. The highest BCUT2D eigenvalue weighted by atomic mass is 16.5. The van der Waals surface area contributed by atoms with Gasteiger partial charge >= 0.3 is 0 Å². The molecule has 20 heavy (non-hydrogen) atoms. The molecule has 7 nitrogen and oxygen atoms in total. The normalized spacial score (nSPS) is 10.6.